The molecule has 1 aromatic rings. The molecule has 3 rings (SSSR count). The Balaban J connectivity index is 1.65. The molecule has 1 heterocycles. The van der Waals surface area contributed by atoms with Crippen molar-refractivity contribution in [1.82, 2.24) is 10.2 Å². The van der Waals surface area contributed by atoms with Crippen LogP contribution in [0.3, 0.4) is 0 Å². The minimum absolute atomic E-state index is 0.0383. The third-order valence-electron chi connectivity index (χ3n) is 3.98. The second-order valence-corrected chi connectivity index (χ2v) is 5.57. The summed E-state index contributed by atoms with van der Waals surface area (Å²) < 4.78 is 0. The molecule has 2 aliphatic rings. The lowest BCUT2D eigenvalue weighted by atomic mass is 9.95. The SMILES string of the molecule is CN(CC1CC1)C(=O)[C@@H]1Cc2ccccc2CN1. The zero-order chi connectivity index (χ0) is 12.5. The molecule has 0 radical (unpaired) electrons. The normalized spacial score (nSPS) is 22.4. The van der Waals surface area contributed by atoms with Crippen LogP contribution in [0.1, 0.15) is 24.0 Å². The highest BCUT2D eigenvalue weighted by Crippen LogP contribution is 2.29. The molecular weight excluding hydrogens is 224 g/mol. The van der Waals surface area contributed by atoms with E-state index >= 15 is 0 Å². The largest absolute Gasteiger partial charge is 0.344 e. The van der Waals surface area contributed by atoms with Crippen LogP contribution in [0.5, 0.6) is 0 Å². The van der Waals surface area contributed by atoms with Crippen molar-refractivity contribution < 1.29 is 4.79 Å². The molecule has 18 heavy (non-hydrogen) atoms. The van der Waals surface area contributed by atoms with Gasteiger partial charge in [0.1, 0.15) is 0 Å². The van der Waals surface area contributed by atoms with E-state index in [1.54, 1.807) is 0 Å². The van der Waals surface area contributed by atoms with Crippen LogP contribution in [0.15, 0.2) is 24.3 Å². The molecule has 1 N–H and O–H groups in total. The summed E-state index contributed by atoms with van der Waals surface area (Å²) in [6.45, 7) is 1.74. The fourth-order valence-electron chi connectivity index (χ4n) is 2.67. The molecule has 1 atom stereocenters. The Morgan fingerprint density at radius 1 is 1.33 bits per heavy atom. The van der Waals surface area contributed by atoms with Gasteiger partial charge in [-0.3, -0.25) is 4.79 Å². The Hall–Kier alpha value is -1.35. The van der Waals surface area contributed by atoms with Crippen LogP contribution in [0, 0.1) is 5.92 Å². The van der Waals surface area contributed by atoms with Crippen molar-refractivity contribution in [2.24, 2.45) is 5.92 Å². The standard InChI is InChI=1S/C15H20N2O/c1-17(10-11-6-7-11)15(18)14-8-12-4-2-3-5-13(12)9-16-14/h2-5,11,14,16H,6-10H2,1H3/t14-/m0/s1. The lowest BCUT2D eigenvalue weighted by Crippen LogP contribution is -2.48. The van der Waals surface area contributed by atoms with Gasteiger partial charge in [-0.2, -0.15) is 0 Å². The summed E-state index contributed by atoms with van der Waals surface area (Å²) in [6.07, 6.45) is 3.40. The first-order valence-electron chi connectivity index (χ1n) is 6.79. The van der Waals surface area contributed by atoms with Crippen LogP contribution >= 0.6 is 0 Å². The Morgan fingerprint density at radius 2 is 2.06 bits per heavy atom. The molecule has 3 heteroatoms. The van der Waals surface area contributed by atoms with E-state index in [9.17, 15) is 4.79 Å². The number of amides is 1. The van der Waals surface area contributed by atoms with Crippen LogP contribution in [0.4, 0.5) is 0 Å². The van der Waals surface area contributed by atoms with Gasteiger partial charge in [-0.1, -0.05) is 24.3 Å². The van der Waals surface area contributed by atoms with Gasteiger partial charge in [0.2, 0.25) is 5.91 Å². The van der Waals surface area contributed by atoms with Gasteiger partial charge in [-0.15, -0.1) is 0 Å². The Kier molecular flexibility index (Phi) is 3.08. The predicted molar refractivity (Wildman–Crippen MR) is 71.1 cm³/mol. The summed E-state index contributed by atoms with van der Waals surface area (Å²) in [5.74, 6) is 1.01. The first kappa shape index (κ1) is 11.7. The molecule has 96 valence electrons. The first-order valence-corrected chi connectivity index (χ1v) is 6.79. The van der Waals surface area contributed by atoms with Crippen molar-refractivity contribution in [3.05, 3.63) is 35.4 Å². The third kappa shape index (κ3) is 2.41. The number of rotatable bonds is 3. The quantitative estimate of drug-likeness (QED) is 0.875. The van der Waals surface area contributed by atoms with Gasteiger partial charge in [-0.25, -0.2) is 0 Å². The molecule has 1 amide bonds. The average Bonchev–Trinajstić information content (AvgIpc) is 3.21. The third-order valence-corrected chi connectivity index (χ3v) is 3.98. The molecule has 1 aliphatic carbocycles. The van der Waals surface area contributed by atoms with Crippen molar-refractivity contribution in [3.8, 4) is 0 Å². The predicted octanol–water partition coefficient (Wildman–Crippen LogP) is 1.57. The summed E-state index contributed by atoms with van der Waals surface area (Å²) in [6, 6.07) is 8.35. The Labute approximate surface area is 108 Å². The zero-order valence-electron chi connectivity index (χ0n) is 10.9. The summed E-state index contributed by atoms with van der Waals surface area (Å²) in [4.78, 5) is 14.2. The summed E-state index contributed by atoms with van der Waals surface area (Å²) >= 11 is 0. The van der Waals surface area contributed by atoms with E-state index in [0.717, 1.165) is 25.4 Å². The topological polar surface area (TPSA) is 32.3 Å². The molecule has 3 nitrogen and oxygen atoms in total. The van der Waals surface area contributed by atoms with Crippen LogP contribution in [0.25, 0.3) is 0 Å². The molecule has 0 spiro atoms. The van der Waals surface area contributed by atoms with E-state index in [1.807, 2.05) is 11.9 Å². The van der Waals surface area contributed by atoms with Crippen molar-refractivity contribution in [2.75, 3.05) is 13.6 Å². The molecule has 1 aromatic carbocycles. The number of carbonyl (C=O) groups excluding carboxylic acids is 1. The van der Waals surface area contributed by atoms with Crippen LogP contribution in [-0.2, 0) is 17.8 Å². The highest BCUT2D eigenvalue weighted by atomic mass is 16.2. The van der Waals surface area contributed by atoms with E-state index < -0.39 is 0 Å². The summed E-state index contributed by atoms with van der Waals surface area (Å²) in [7, 11) is 1.93. The van der Waals surface area contributed by atoms with Gasteiger partial charge in [0, 0.05) is 20.1 Å². The maximum Gasteiger partial charge on any atom is 0.239 e. The average molecular weight is 244 g/mol. The van der Waals surface area contributed by atoms with Gasteiger partial charge < -0.3 is 10.2 Å². The minimum atomic E-state index is -0.0383. The molecule has 1 aliphatic heterocycles. The number of nitrogens with one attached hydrogen (secondary N) is 1. The number of nitrogens with zero attached hydrogens (tertiary/aromatic N) is 1. The van der Waals surface area contributed by atoms with E-state index in [-0.39, 0.29) is 11.9 Å². The molecule has 0 bridgehead atoms. The van der Waals surface area contributed by atoms with Crippen LogP contribution < -0.4 is 5.32 Å². The fraction of sp³-hybridized carbons (Fsp3) is 0.533. The number of carbonyl (C=O) groups is 1. The monoisotopic (exact) mass is 244 g/mol. The molecule has 1 fully saturated rings. The Morgan fingerprint density at radius 3 is 2.78 bits per heavy atom. The van der Waals surface area contributed by atoms with Gasteiger partial charge in [0.15, 0.2) is 0 Å². The number of hydrogen-bond donors (Lipinski definition) is 1. The minimum Gasteiger partial charge on any atom is -0.344 e. The van der Waals surface area contributed by atoms with Crippen molar-refractivity contribution in [3.63, 3.8) is 0 Å². The summed E-state index contributed by atoms with van der Waals surface area (Å²) in [5.41, 5.74) is 2.64. The van der Waals surface area contributed by atoms with Gasteiger partial charge in [0.25, 0.3) is 0 Å². The smallest absolute Gasteiger partial charge is 0.239 e. The number of benzene rings is 1. The zero-order valence-corrected chi connectivity index (χ0v) is 10.9. The number of fused-ring (bicyclic) bond motifs is 1. The van der Waals surface area contributed by atoms with Crippen molar-refractivity contribution in [1.29, 1.82) is 0 Å². The second kappa shape index (κ2) is 4.73. The van der Waals surface area contributed by atoms with Crippen molar-refractivity contribution in [2.45, 2.75) is 31.8 Å². The molecule has 0 unspecified atom stereocenters. The molecule has 0 aromatic heterocycles. The van der Waals surface area contributed by atoms with E-state index in [1.165, 1.54) is 24.0 Å². The maximum atomic E-state index is 12.3. The highest BCUT2D eigenvalue weighted by Gasteiger charge is 2.30. The second-order valence-electron chi connectivity index (χ2n) is 5.57. The number of likely N-dealkylation sites (N-methyl/N-ethyl adjacent to an activating group) is 1. The lowest BCUT2D eigenvalue weighted by molar-refractivity contribution is -0.132. The van der Waals surface area contributed by atoms with E-state index in [4.69, 9.17) is 0 Å². The summed E-state index contributed by atoms with van der Waals surface area (Å²) in [5, 5.41) is 3.36. The maximum absolute atomic E-state index is 12.3. The van der Waals surface area contributed by atoms with E-state index in [0.29, 0.717) is 0 Å². The van der Waals surface area contributed by atoms with Gasteiger partial charge >= 0.3 is 0 Å². The fourth-order valence-corrected chi connectivity index (χ4v) is 2.67. The van der Waals surface area contributed by atoms with Crippen molar-refractivity contribution >= 4 is 5.91 Å². The number of hydrogen-bond acceptors (Lipinski definition) is 2. The van der Waals surface area contributed by atoms with Gasteiger partial charge in [-0.05, 0) is 36.3 Å². The van der Waals surface area contributed by atoms with E-state index in [2.05, 4.69) is 29.6 Å². The van der Waals surface area contributed by atoms with Crippen LogP contribution in [0.2, 0.25) is 0 Å². The lowest BCUT2D eigenvalue weighted by Gasteiger charge is -2.29. The first-order chi connectivity index (χ1) is 8.74. The molecule has 0 saturated heterocycles. The highest BCUT2D eigenvalue weighted by molar-refractivity contribution is 5.82. The Bertz CT molecular complexity index is 454. The molecular formula is C15H20N2O. The van der Waals surface area contributed by atoms with Gasteiger partial charge in [0.05, 0.1) is 6.04 Å². The molecule has 1 saturated carbocycles. The van der Waals surface area contributed by atoms with Crippen LogP contribution in [-0.4, -0.2) is 30.4 Å².